The molecule has 11 nitrogen and oxygen atoms in total. The molecule has 12 heteroatoms. The summed E-state index contributed by atoms with van der Waals surface area (Å²) in [6.45, 7) is 15.8. The number of ether oxygens (including phenoxy) is 2. The summed E-state index contributed by atoms with van der Waals surface area (Å²) in [6, 6.07) is 7.43. The van der Waals surface area contributed by atoms with Gasteiger partial charge in [-0.05, 0) is 54.9 Å². The van der Waals surface area contributed by atoms with Gasteiger partial charge in [0.05, 0.1) is 43.2 Å². The van der Waals surface area contributed by atoms with Crippen molar-refractivity contribution in [1.29, 1.82) is 0 Å². The van der Waals surface area contributed by atoms with Gasteiger partial charge in [0, 0.05) is 39.5 Å². The number of likely N-dealkylation sites (tertiary alicyclic amines) is 1. The number of unbranched alkanes of at least 4 members (excludes halogenated alkanes) is 1. The molecule has 2 amide bonds. The minimum Gasteiger partial charge on any atom is -0.480 e. The maximum atomic E-state index is 15.3. The molecule has 1 aliphatic heterocycles. The van der Waals surface area contributed by atoms with Crippen LogP contribution in [0, 0.1) is 40.9 Å². The number of Topliss-reactive ketones (excluding diaryl/α,β-unsaturated/α-hetero) is 1. The lowest BCUT2D eigenvalue weighted by Gasteiger charge is -2.41. The number of aliphatic carboxylic acids is 1. The number of nitrogens with one attached hydrogen (secondary N) is 2. The highest BCUT2D eigenvalue weighted by atomic mass is 19.1. The molecule has 1 fully saturated rings. The predicted molar refractivity (Wildman–Crippen MR) is 221 cm³/mol. The van der Waals surface area contributed by atoms with Crippen molar-refractivity contribution in [2.24, 2.45) is 40.9 Å². The van der Waals surface area contributed by atoms with Gasteiger partial charge in [-0.15, -0.1) is 0 Å². The van der Waals surface area contributed by atoms with Gasteiger partial charge in [0.15, 0.2) is 5.78 Å². The first-order valence-corrected chi connectivity index (χ1v) is 21.2. The summed E-state index contributed by atoms with van der Waals surface area (Å²) in [7, 11) is 3.03. The molecule has 0 saturated carbocycles. The van der Waals surface area contributed by atoms with Crippen LogP contribution in [0.4, 0.5) is 4.39 Å². The minimum atomic E-state index is -1.33. The smallest absolute Gasteiger partial charge is 0.321 e. The van der Waals surface area contributed by atoms with Crippen molar-refractivity contribution >= 4 is 29.9 Å². The summed E-state index contributed by atoms with van der Waals surface area (Å²) in [5, 5.41) is 15.8. The Morgan fingerprint density at radius 1 is 1.02 bits per heavy atom. The van der Waals surface area contributed by atoms with Crippen molar-refractivity contribution in [2.75, 3.05) is 33.9 Å². The molecule has 3 N–H and O–H groups in total. The van der Waals surface area contributed by atoms with Gasteiger partial charge < -0.3 is 34.9 Å². The largest absolute Gasteiger partial charge is 0.480 e. The number of hydrogen-bond donors (Lipinski definition) is 3. The maximum Gasteiger partial charge on any atom is 0.321 e. The Morgan fingerprint density at radius 3 is 2.23 bits per heavy atom. The number of hydrogen-bond acceptors (Lipinski definition) is 8. The zero-order chi connectivity index (χ0) is 42.9. The number of ketones is 1. The van der Waals surface area contributed by atoms with Gasteiger partial charge in [-0.1, -0.05) is 104 Å². The summed E-state index contributed by atoms with van der Waals surface area (Å²) < 4.78 is 27.3. The number of alkyl halides is 1. The molecule has 0 aromatic heterocycles. The molecule has 0 aliphatic carbocycles. The normalized spacial score (nSPS) is 21.1. The van der Waals surface area contributed by atoms with Crippen molar-refractivity contribution in [3.8, 4) is 0 Å². The third kappa shape index (κ3) is 15.2. The number of methoxy groups -OCH3 is 2. The molecule has 324 valence electrons. The van der Waals surface area contributed by atoms with E-state index in [0.29, 0.717) is 12.7 Å². The van der Waals surface area contributed by atoms with E-state index in [1.165, 1.54) is 12.0 Å². The SMILES string of the molecule is CCCCC(CC(=O)CNC(=O)C(C)C(C)C)C[C@@H](C)C([C@@H](C)CC)[C@@H](CC(=O)N1C[C@@H](F)C[C@H]1[C@H](OC)[C@@](C)(C=O)CN[C@@H](Cc1ccccc1)C(=O)O)OC. The van der Waals surface area contributed by atoms with Crippen LogP contribution < -0.4 is 10.6 Å². The van der Waals surface area contributed by atoms with Crippen molar-refractivity contribution in [3.05, 3.63) is 35.9 Å². The molecule has 11 atom stereocenters. The van der Waals surface area contributed by atoms with Crippen LogP contribution in [0.5, 0.6) is 0 Å². The van der Waals surface area contributed by atoms with Crippen LogP contribution in [-0.4, -0.2) is 104 Å². The number of benzene rings is 1. The van der Waals surface area contributed by atoms with Crippen molar-refractivity contribution in [1.82, 2.24) is 15.5 Å². The lowest BCUT2D eigenvalue weighted by molar-refractivity contribution is -0.145. The molecule has 0 spiro atoms. The zero-order valence-electron chi connectivity index (χ0n) is 36.4. The highest BCUT2D eigenvalue weighted by molar-refractivity contribution is 5.87. The van der Waals surface area contributed by atoms with Gasteiger partial charge in [0.25, 0.3) is 0 Å². The van der Waals surface area contributed by atoms with Crippen LogP contribution in [0.2, 0.25) is 0 Å². The number of carbonyl (C=O) groups is 5. The highest BCUT2D eigenvalue weighted by Gasteiger charge is 2.49. The average Bonchev–Trinajstić information content (AvgIpc) is 3.57. The quantitative estimate of drug-likeness (QED) is 0.0787. The van der Waals surface area contributed by atoms with E-state index in [1.807, 2.05) is 51.1 Å². The topological polar surface area (TPSA) is 151 Å². The first kappa shape index (κ1) is 49.9. The minimum absolute atomic E-state index is 0.00232. The number of carboxylic acid groups (broad SMARTS) is 1. The Labute approximate surface area is 342 Å². The summed E-state index contributed by atoms with van der Waals surface area (Å²) in [6.07, 6.45) is 2.96. The van der Waals surface area contributed by atoms with E-state index in [-0.39, 0.29) is 92.0 Å². The number of nitrogens with zero attached hydrogens (tertiary/aromatic N) is 1. The third-order valence-corrected chi connectivity index (χ3v) is 12.6. The van der Waals surface area contributed by atoms with E-state index in [1.54, 1.807) is 14.0 Å². The molecule has 1 aromatic rings. The Morgan fingerprint density at radius 2 is 1.68 bits per heavy atom. The predicted octanol–water partition coefficient (Wildman–Crippen LogP) is 6.70. The number of carbonyl (C=O) groups excluding carboxylic acids is 4. The van der Waals surface area contributed by atoms with Crippen LogP contribution in [0.25, 0.3) is 0 Å². The molecule has 1 heterocycles. The van der Waals surface area contributed by atoms with E-state index < -0.39 is 41.8 Å². The van der Waals surface area contributed by atoms with Crippen LogP contribution in [-0.2, 0) is 39.9 Å². The van der Waals surface area contributed by atoms with Crippen LogP contribution in [0.3, 0.4) is 0 Å². The Bertz CT molecular complexity index is 1400. The lowest BCUT2D eigenvalue weighted by atomic mass is 9.72. The number of halogens is 1. The zero-order valence-corrected chi connectivity index (χ0v) is 36.4. The summed E-state index contributed by atoms with van der Waals surface area (Å²) in [4.78, 5) is 66.5. The molecule has 3 unspecified atom stereocenters. The van der Waals surface area contributed by atoms with E-state index in [4.69, 9.17) is 9.47 Å². The van der Waals surface area contributed by atoms with Gasteiger partial charge in [0.1, 0.15) is 18.5 Å². The third-order valence-electron chi connectivity index (χ3n) is 12.6. The summed E-state index contributed by atoms with van der Waals surface area (Å²) >= 11 is 0. The fourth-order valence-electron chi connectivity index (χ4n) is 8.66. The van der Waals surface area contributed by atoms with E-state index >= 15 is 4.39 Å². The van der Waals surface area contributed by atoms with Gasteiger partial charge in [-0.25, -0.2) is 4.39 Å². The lowest BCUT2D eigenvalue weighted by Crippen LogP contribution is -2.56. The van der Waals surface area contributed by atoms with Crippen molar-refractivity contribution in [3.63, 3.8) is 0 Å². The average molecular weight is 804 g/mol. The molecule has 0 radical (unpaired) electrons. The first-order valence-electron chi connectivity index (χ1n) is 21.2. The summed E-state index contributed by atoms with van der Waals surface area (Å²) in [5.74, 6) is -1.16. The van der Waals surface area contributed by atoms with E-state index in [9.17, 15) is 29.1 Å². The molecule has 0 bridgehead atoms. The number of aldehydes is 1. The second-order valence-electron chi connectivity index (χ2n) is 17.3. The fourth-order valence-corrected chi connectivity index (χ4v) is 8.66. The molecule has 2 rings (SSSR count). The number of amides is 2. The Hall–Kier alpha value is -3.22. The van der Waals surface area contributed by atoms with E-state index in [0.717, 1.165) is 37.7 Å². The van der Waals surface area contributed by atoms with Gasteiger partial charge in [0.2, 0.25) is 11.8 Å². The number of rotatable bonds is 28. The van der Waals surface area contributed by atoms with Crippen molar-refractivity contribution < 1.29 is 42.9 Å². The molecular weight excluding hydrogens is 730 g/mol. The molecule has 1 aliphatic rings. The van der Waals surface area contributed by atoms with E-state index in [2.05, 4.69) is 38.3 Å². The van der Waals surface area contributed by atoms with Crippen LogP contribution >= 0.6 is 0 Å². The standard InChI is InChI=1S/C45H74FN3O8/c1-11-13-17-34(21-36(51)25-47-43(53)32(7)29(3)4)20-31(6)41(30(5)12-2)39(56-9)24-40(52)49-26-35(46)23-38(49)42(57-10)45(8,28-50)27-48-37(44(54)55)22-33-18-15-14-16-19-33/h14-16,18-19,28-32,34-35,37-39,41-42,48H,11-13,17,20-27H2,1-10H3,(H,47,53)(H,54,55)/t30-,31+,32?,34?,35-,37-,38-,39+,41?,42-,45+/m0/s1. The number of carboxylic acids is 1. The highest BCUT2D eigenvalue weighted by Crippen LogP contribution is 2.38. The second-order valence-corrected chi connectivity index (χ2v) is 17.3. The van der Waals surface area contributed by atoms with Gasteiger partial charge in [-0.2, -0.15) is 0 Å². The monoisotopic (exact) mass is 804 g/mol. The molecule has 1 saturated heterocycles. The second kappa shape index (κ2) is 24.6. The molecular formula is C45H74FN3O8. The van der Waals surface area contributed by atoms with Gasteiger partial charge >= 0.3 is 5.97 Å². The Kier molecular flexibility index (Phi) is 21.6. The Balaban J connectivity index is 2.26. The van der Waals surface area contributed by atoms with Crippen LogP contribution in [0.1, 0.15) is 112 Å². The fraction of sp³-hybridized carbons (Fsp3) is 0.756. The van der Waals surface area contributed by atoms with Crippen LogP contribution in [0.15, 0.2) is 30.3 Å². The molecule has 57 heavy (non-hydrogen) atoms. The summed E-state index contributed by atoms with van der Waals surface area (Å²) in [5.41, 5.74) is -0.470. The maximum absolute atomic E-state index is 15.3. The first-order chi connectivity index (χ1) is 27.0. The van der Waals surface area contributed by atoms with Gasteiger partial charge in [-0.3, -0.25) is 19.2 Å². The molecule has 1 aromatic carbocycles. The van der Waals surface area contributed by atoms with Crippen molar-refractivity contribution in [2.45, 2.75) is 144 Å².